The SMILES string of the molecule is CC(C)c1nnc(N2CCC3OCCCC3C2)s1. The van der Waals surface area contributed by atoms with Crippen LogP contribution < -0.4 is 4.90 Å². The van der Waals surface area contributed by atoms with Gasteiger partial charge in [-0.15, -0.1) is 10.2 Å². The number of ether oxygens (including phenoxy) is 1. The van der Waals surface area contributed by atoms with Crippen molar-refractivity contribution in [2.24, 2.45) is 5.92 Å². The van der Waals surface area contributed by atoms with Crippen molar-refractivity contribution in [3.63, 3.8) is 0 Å². The first-order valence-corrected chi connectivity index (χ1v) is 7.75. The smallest absolute Gasteiger partial charge is 0.208 e. The molecule has 18 heavy (non-hydrogen) atoms. The summed E-state index contributed by atoms with van der Waals surface area (Å²) in [7, 11) is 0. The minimum atomic E-state index is 0.479. The third-order valence-corrected chi connectivity index (χ3v) is 5.19. The van der Waals surface area contributed by atoms with Crippen LogP contribution in [0.15, 0.2) is 0 Å². The maximum atomic E-state index is 5.85. The van der Waals surface area contributed by atoms with E-state index in [1.165, 1.54) is 12.8 Å². The Bertz CT molecular complexity index is 407. The van der Waals surface area contributed by atoms with E-state index in [0.717, 1.165) is 36.3 Å². The highest BCUT2D eigenvalue weighted by Crippen LogP contribution is 2.33. The summed E-state index contributed by atoms with van der Waals surface area (Å²) in [5, 5.41) is 10.9. The lowest BCUT2D eigenvalue weighted by atomic mass is 9.89. The van der Waals surface area contributed by atoms with Crippen LogP contribution >= 0.6 is 11.3 Å². The number of hydrogen-bond acceptors (Lipinski definition) is 5. The summed E-state index contributed by atoms with van der Waals surface area (Å²) in [6.45, 7) is 7.46. The summed E-state index contributed by atoms with van der Waals surface area (Å²) < 4.78 is 5.85. The van der Waals surface area contributed by atoms with Crippen LogP contribution in [0.2, 0.25) is 0 Å². The molecule has 0 spiro atoms. The van der Waals surface area contributed by atoms with Gasteiger partial charge in [0.1, 0.15) is 5.01 Å². The average Bonchev–Trinajstić information content (AvgIpc) is 2.88. The highest BCUT2D eigenvalue weighted by atomic mass is 32.1. The van der Waals surface area contributed by atoms with E-state index >= 15 is 0 Å². The molecule has 2 atom stereocenters. The van der Waals surface area contributed by atoms with Crippen LogP contribution in [0.1, 0.15) is 44.0 Å². The zero-order valence-electron chi connectivity index (χ0n) is 11.1. The average molecular weight is 267 g/mol. The van der Waals surface area contributed by atoms with Crippen LogP contribution in [0.25, 0.3) is 0 Å². The van der Waals surface area contributed by atoms with E-state index in [0.29, 0.717) is 17.9 Å². The molecule has 2 saturated heterocycles. The van der Waals surface area contributed by atoms with Crippen LogP contribution in [0, 0.1) is 5.92 Å². The van der Waals surface area contributed by atoms with E-state index in [9.17, 15) is 0 Å². The van der Waals surface area contributed by atoms with Gasteiger partial charge in [-0.3, -0.25) is 0 Å². The molecule has 0 saturated carbocycles. The third-order valence-electron chi connectivity index (χ3n) is 3.91. The molecule has 0 N–H and O–H groups in total. The van der Waals surface area contributed by atoms with Gasteiger partial charge in [0, 0.05) is 31.5 Å². The lowest BCUT2D eigenvalue weighted by molar-refractivity contribution is -0.0357. The van der Waals surface area contributed by atoms with Crippen molar-refractivity contribution in [2.75, 3.05) is 24.6 Å². The highest BCUT2D eigenvalue weighted by molar-refractivity contribution is 7.15. The molecule has 0 aliphatic carbocycles. The van der Waals surface area contributed by atoms with Gasteiger partial charge in [0.05, 0.1) is 6.10 Å². The standard InChI is InChI=1S/C13H21N3OS/c1-9(2)12-14-15-13(18-12)16-6-5-11-10(8-16)4-3-7-17-11/h9-11H,3-8H2,1-2H3. The molecule has 3 rings (SSSR count). The predicted molar refractivity (Wildman–Crippen MR) is 73.3 cm³/mol. The molecule has 2 unspecified atom stereocenters. The molecule has 3 heterocycles. The van der Waals surface area contributed by atoms with E-state index in [2.05, 4.69) is 28.9 Å². The molecule has 2 aliphatic heterocycles. The molecular formula is C13H21N3OS. The number of aromatic nitrogens is 2. The monoisotopic (exact) mass is 267 g/mol. The van der Waals surface area contributed by atoms with Gasteiger partial charge in [-0.2, -0.15) is 0 Å². The number of piperidine rings is 1. The molecular weight excluding hydrogens is 246 g/mol. The second-order valence-corrected chi connectivity index (χ2v) is 6.61. The van der Waals surface area contributed by atoms with Gasteiger partial charge >= 0.3 is 0 Å². The number of hydrogen-bond donors (Lipinski definition) is 0. The first-order valence-electron chi connectivity index (χ1n) is 6.94. The first kappa shape index (κ1) is 12.4. The highest BCUT2D eigenvalue weighted by Gasteiger charge is 2.33. The van der Waals surface area contributed by atoms with Gasteiger partial charge in [-0.1, -0.05) is 25.2 Å². The topological polar surface area (TPSA) is 38.2 Å². The molecule has 4 nitrogen and oxygen atoms in total. The summed E-state index contributed by atoms with van der Waals surface area (Å²) in [5.74, 6) is 1.17. The number of nitrogens with zero attached hydrogens (tertiary/aromatic N) is 3. The van der Waals surface area contributed by atoms with Gasteiger partial charge in [0.25, 0.3) is 0 Å². The van der Waals surface area contributed by atoms with Crippen LogP contribution in [0.5, 0.6) is 0 Å². The second-order valence-electron chi connectivity index (χ2n) is 5.62. The fraction of sp³-hybridized carbons (Fsp3) is 0.846. The van der Waals surface area contributed by atoms with Crippen molar-refractivity contribution in [1.29, 1.82) is 0 Å². The number of fused-ring (bicyclic) bond motifs is 1. The van der Waals surface area contributed by atoms with Crippen LogP contribution in [-0.4, -0.2) is 36.0 Å². The Balaban J connectivity index is 1.69. The van der Waals surface area contributed by atoms with E-state index in [-0.39, 0.29) is 0 Å². The fourth-order valence-corrected chi connectivity index (χ4v) is 3.73. The normalized spacial score (nSPS) is 28.5. The summed E-state index contributed by atoms with van der Waals surface area (Å²) in [6.07, 6.45) is 4.15. The van der Waals surface area contributed by atoms with E-state index < -0.39 is 0 Å². The summed E-state index contributed by atoms with van der Waals surface area (Å²) in [5.41, 5.74) is 0. The molecule has 0 amide bonds. The minimum Gasteiger partial charge on any atom is -0.378 e. The van der Waals surface area contributed by atoms with Crippen LogP contribution in [0.3, 0.4) is 0 Å². The van der Waals surface area contributed by atoms with Gasteiger partial charge < -0.3 is 9.64 Å². The Hall–Kier alpha value is -0.680. The molecule has 0 bridgehead atoms. The van der Waals surface area contributed by atoms with Crippen molar-refractivity contribution < 1.29 is 4.74 Å². The lowest BCUT2D eigenvalue weighted by Crippen LogP contribution is -2.46. The van der Waals surface area contributed by atoms with Gasteiger partial charge in [-0.25, -0.2) is 0 Å². The largest absolute Gasteiger partial charge is 0.378 e. The molecule has 0 radical (unpaired) electrons. The summed E-state index contributed by atoms with van der Waals surface area (Å²) in [4.78, 5) is 2.40. The van der Waals surface area contributed by atoms with Crippen LogP contribution in [-0.2, 0) is 4.74 Å². The second kappa shape index (κ2) is 5.13. The van der Waals surface area contributed by atoms with E-state index in [4.69, 9.17) is 4.74 Å². The zero-order chi connectivity index (χ0) is 12.5. The van der Waals surface area contributed by atoms with Gasteiger partial charge in [0.15, 0.2) is 0 Å². The van der Waals surface area contributed by atoms with Gasteiger partial charge in [0.2, 0.25) is 5.13 Å². The molecule has 2 fully saturated rings. The maximum absolute atomic E-state index is 5.85. The minimum absolute atomic E-state index is 0.479. The Labute approximate surface area is 112 Å². The van der Waals surface area contributed by atoms with E-state index in [1.807, 2.05) is 0 Å². The molecule has 1 aromatic heterocycles. The molecule has 1 aromatic rings. The zero-order valence-corrected chi connectivity index (χ0v) is 11.9. The lowest BCUT2D eigenvalue weighted by Gasteiger charge is -2.40. The molecule has 0 aromatic carbocycles. The summed E-state index contributed by atoms with van der Waals surface area (Å²) >= 11 is 1.75. The maximum Gasteiger partial charge on any atom is 0.208 e. The first-order chi connectivity index (χ1) is 8.74. The Kier molecular flexibility index (Phi) is 3.52. The van der Waals surface area contributed by atoms with Gasteiger partial charge in [-0.05, 0) is 19.3 Å². The summed E-state index contributed by atoms with van der Waals surface area (Å²) in [6, 6.07) is 0. The van der Waals surface area contributed by atoms with Crippen molar-refractivity contribution in [2.45, 2.75) is 45.1 Å². The quantitative estimate of drug-likeness (QED) is 0.825. The Morgan fingerprint density at radius 1 is 1.33 bits per heavy atom. The Morgan fingerprint density at radius 2 is 2.22 bits per heavy atom. The number of rotatable bonds is 2. The molecule has 100 valence electrons. The van der Waals surface area contributed by atoms with Crippen molar-refractivity contribution in [1.82, 2.24) is 10.2 Å². The van der Waals surface area contributed by atoms with Crippen molar-refractivity contribution >= 4 is 16.5 Å². The molecule has 2 aliphatic rings. The predicted octanol–water partition coefficient (Wildman–Crippen LogP) is 2.67. The number of anilines is 1. The van der Waals surface area contributed by atoms with Crippen molar-refractivity contribution in [3.05, 3.63) is 5.01 Å². The van der Waals surface area contributed by atoms with Crippen LogP contribution in [0.4, 0.5) is 5.13 Å². The molecule has 5 heteroatoms. The van der Waals surface area contributed by atoms with E-state index in [1.54, 1.807) is 11.3 Å². The third kappa shape index (κ3) is 2.38. The Morgan fingerprint density at radius 3 is 3.00 bits per heavy atom. The van der Waals surface area contributed by atoms with Crippen molar-refractivity contribution in [3.8, 4) is 0 Å². The fourth-order valence-electron chi connectivity index (χ4n) is 2.85.